The van der Waals surface area contributed by atoms with Gasteiger partial charge < -0.3 is 10.1 Å². The van der Waals surface area contributed by atoms with Crippen molar-refractivity contribution in [3.8, 4) is 5.75 Å². The van der Waals surface area contributed by atoms with Gasteiger partial charge in [-0.15, -0.1) is 0 Å². The largest absolute Gasteiger partial charge is 0.497 e. The van der Waals surface area contributed by atoms with Crippen LogP contribution in [-0.2, 0) is 10.0 Å². The molecule has 0 aliphatic carbocycles. The summed E-state index contributed by atoms with van der Waals surface area (Å²) in [7, 11) is -2.21. The van der Waals surface area contributed by atoms with Crippen molar-refractivity contribution >= 4 is 26.8 Å². The van der Waals surface area contributed by atoms with E-state index in [0.29, 0.717) is 27.9 Å². The summed E-state index contributed by atoms with van der Waals surface area (Å²) in [5, 5.41) is 3.19. The van der Waals surface area contributed by atoms with Gasteiger partial charge in [0.1, 0.15) is 11.6 Å². The highest BCUT2D eigenvalue weighted by Gasteiger charge is 2.15. The predicted molar refractivity (Wildman–Crippen MR) is 107 cm³/mol. The van der Waals surface area contributed by atoms with Gasteiger partial charge >= 0.3 is 0 Å². The molecule has 2 N–H and O–H groups in total. The van der Waals surface area contributed by atoms with Crippen LogP contribution in [0, 0.1) is 12.7 Å². The van der Waals surface area contributed by atoms with Crippen LogP contribution in [0.4, 0.5) is 4.39 Å². The van der Waals surface area contributed by atoms with Crippen LogP contribution < -0.4 is 14.8 Å². The SMILES string of the molecule is COc1ccc(S(=O)(=O)NCCNC(=O)c2cc(C)nc3cc(F)ccc23)cc1. The van der Waals surface area contributed by atoms with E-state index >= 15 is 0 Å². The van der Waals surface area contributed by atoms with E-state index in [9.17, 15) is 17.6 Å². The maximum atomic E-state index is 13.4. The van der Waals surface area contributed by atoms with Crippen LogP contribution in [0.25, 0.3) is 10.9 Å². The minimum Gasteiger partial charge on any atom is -0.497 e. The number of nitrogens with one attached hydrogen (secondary N) is 2. The summed E-state index contributed by atoms with van der Waals surface area (Å²) in [6.45, 7) is 1.80. The summed E-state index contributed by atoms with van der Waals surface area (Å²) in [5.41, 5.74) is 1.31. The van der Waals surface area contributed by atoms with Gasteiger partial charge in [0, 0.05) is 30.2 Å². The van der Waals surface area contributed by atoms with E-state index in [-0.39, 0.29) is 18.0 Å². The topological polar surface area (TPSA) is 97.4 Å². The summed E-state index contributed by atoms with van der Waals surface area (Å²) in [5.74, 6) is -0.276. The molecule has 7 nitrogen and oxygen atoms in total. The quantitative estimate of drug-likeness (QED) is 0.576. The molecule has 0 aliphatic heterocycles. The number of halogens is 1. The number of fused-ring (bicyclic) bond motifs is 1. The molecule has 0 saturated carbocycles. The molecule has 3 aromatic rings. The number of carbonyl (C=O) groups is 1. The molecule has 2 aromatic carbocycles. The number of pyridine rings is 1. The molecule has 29 heavy (non-hydrogen) atoms. The van der Waals surface area contributed by atoms with Crippen molar-refractivity contribution in [3.63, 3.8) is 0 Å². The molecule has 3 rings (SSSR count). The first-order valence-corrected chi connectivity index (χ1v) is 10.3. The van der Waals surface area contributed by atoms with E-state index in [0.717, 1.165) is 0 Å². The molecule has 0 unspecified atom stereocenters. The zero-order valence-corrected chi connectivity index (χ0v) is 16.7. The summed E-state index contributed by atoms with van der Waals surface area (Å²) < 4.78 is 45.4. The van der Waals surface area contributed by atoms with Crippen molar-refractivity contribution in [1.82, 2.24) is 15.0 Å². The molecule has 152 valence electrons. The number of nitrogens with zero attached hydrogens (tertiary/aromatic N) is 1. The Morgan fingerprint density at radius 2 is 1.83 bits per heavy atom. The lowest BCUT2D eigenvalue weighted by molar-refractivity contribution is 0.0956. The van der Waals surface area contributed by atoms with Crippen LogP contribution in [0.3, 0.4) is 0 Å². The maximum absolute atomic E-state index is 13.4. The molecular weight excluding hydrogens is 397 g/mol. The summed E-state index contributed by atoms with van der Waals surface area (Å²) in [6.07, 6.45) is 0. The van der Waals surface area contributed by atoms with Gasteiger partial charge in [0.25, 0.3) is 5.91 Å². The zero-order valence-electron chi connectivity index (χ0n) is 15.9. The van der Waals surface area contributed by atoms with E-state index < -0.39 is 21.7 Å². The number of hydrogen-bond acceptors (Lipinski definition) is 5. The fourth-order valence-corrected chi connectivity index (χ4v) is 3.85. The lowest BCUT2D eigenvalue weighted by atomic mass is 10.1. The van der Waals surface area contributed by atoms with Crippen LogP contribution >= 0.6 is 0 Å². The van der Waals surface area contributed by atoms with Gasteiger partial charge in [-0.3, -0.25) is 9.78 Å². The molecule has 0 fully saturated rings. The van der Waals surface area contributed by atoms with Crippen molar-refractivity contribution < 1.29 is 22.3 Å². The van der Waals surface area contributed by atoms with Crippen molar-refractivity contribution in [2.45, 2.75) is 11.8 Å². The first kappa shape index (κ1) is 20.7. The third kappa shape index (κ3) is 4.87. The molecular formula is C20H20FN3O4S. The Bertz CT molecular complexity index is 1140. The zero-order chi connectivity index (χ0) is 21.0. The minimum absolute atomic E-state index is 0.0106. The second-order valence-electron chi connectivity index (χ2n) is 6.30. The third-order valence-corrected chi connectivity index (χ3v) is 5.69. The lowest BCUT2D eigenvalue weighted by Crippen LogP contribution is -2.34. The van der Waals surface area contributed by atoms with Crippen LogP contribution in [0.15, 0.2) is 53.4 Å². The Morgan fingerprint density at radius 3 is 2.52 bits per heavy atom. The Labute approximate surface area is 168 Å². The Kier molecular flexibility index (Phi) is 6.09. The van der Waals surface area contributed by atoms with Crippen LogP contribution in [0.5, 0.6) is 5.75 Å². The molecule has 0 aliphatic rings. The van der Waals surface area contributed by atoms with Gasteiger partial charge in [0.05, 0.1) is 23.1 Å². The first-order chi connectivity index (χ1) is 13.8. The Balaban J connectivity index is 1.63. The average molecular weight is 417 g/mol. The van der Waals surface area contributed by atoms with Crippen molar-refractivity contribution in [2.75, 3.05) is 20.2 Å². The number of benzene rings is 2. The molecule has 0 spiro atoms. The standard InChI is InChI=1S/C20H20FN3O4S/c1-13-11-18(17-8-3-14(21)12-19(17)24-13)20(25)22-9-10-23-29(26,27)16-6-4-15(28-2)5-7-16/h3-8,11-12,23H,9-10H2,1-2H3,(H,22,25). The highest BCUT2D eigenvalue weighted by Crippen LogP contribution is 2.19. The van der Waals surface area contributed by atoms with E-state index in [2.05, 4.69) is 15.0 Å². The number of aryl methyl sites for hydroxylation is 1. The van der Waals surface area contributed by atoms with Gasteiger partial charge in [0.15, 0.2) is 0 Å². The maximum Gasteiger partial charge on any atom is 0.252 e. The monoisotopic (exact) mass is 417 g/mol. The fraction of sp³-hybridized carbons (Fsp3) is 0.200. The van der Waals surface area contributed by atoms with Gasteiger partial charge in [0.2, 0.25) is 10.0 Å². The summed E-state index contributed by atoms with van der Waals surface area (Å²) in [6, 6.07) is 11.6. The van der Waals surface area contributed by atoms with E-state index in [1.54, 1.807) is 25.1 Å². The summed E-state index contributed by atoms with van der Waals surface area (Å²) >= 11 is 0. The second kappa shape index (κ2) is 8.54. The second-order valence-corrected chi connectivity index (χ2v) is 8.07. The predicted octanol–water partition coefficient (Wildman–Crippen LogP) is 2.40. The molecule has 9 heteroatoms. The number of amides is 1. The van der Waals surface area contributed by atoms with Gasteiger partial charge in [-0.25, -0.2) is 17.5 Å². The Morgan fingerprint density at radius 1 is 1.10 bits per heavy atom. The number of aromatic nitrogens is 1. The van der Waals surface area contributed by atoms with E-state index in [4.69, 9.17) is 4.74 Å². The van der Waals surface area contributed by atoms with Crippen LogP contribution in [-0.4, -0.2) is 39.5 Å². The van der Waals surface area contributed by atoms with Crippen molar-refractivity contribution in [3.05, 3.63) is 65.6 Å². The number of ether oxygens (including phenoxy) is 1. The first-order valence-electron chi connectivity index (χ1n) is 8.79. The number of rotatable bonds is 7. The Hall–Kier alpha value is -3.04. The molecule has 0 saturated heterocycles. The van der Waals surface area contributed by atoms with Gasteiger partial charge in [-0.05, 0) is 49.4 Å². The van der Waals surface area contributed by atoms with Crippen LogP contribution in [0.1, 0.15) is 16.1 Å². The fourth-order valence-electron chi connectivity index (χ4n) is 2.82. The highest BCUT2D eigenvalue weighted by atomic mass is 32.2. The highest BCUT2D eigenvalue weighted by molar-refractivity contribution is 7.89. The van der Waals surface area contributed by atoms with Crippen molar-refractivity contribution in [2.24, 2.45) is 0 Å². The smallest absolute Gasteiger partial charge is 0.252 e. The summed E-state index contributed by atoms with van der Waals surface area (Å²) in [4.78, 5) is 16.9. The number of hydrogen-bond donors (Lipinski definition) is 2. The molecule has 0 bridgehead atoms. The third-order valence-electron chi connectivity index (χ3n) is 4.22. The van der Waals surface area contributed by atoms with Crippen LogP contribution in [0.2, 0.25) is 0 Å². The number of methoxy groups -OCH3 is 1. The number of carbonyl (C=O) groups excluding carboxylic acids is 1. The van der Waals surface area contributed by atoms with E-state index in [1.807, 2.05) is 0 Å². The van der Waals surface area contributed by atoms with Gasteiger partial charge in [-0.2, -0.15) is 0 Å². The minimum atomic E-state index is -3.70. The molecule has 1 aromatic heterocycles. The average Bonchev–Trinajstić information content (AvgIpc) is 2.70. The number of sulfonamides is 1. The normalized spacial score (nSPS) is 11.4. The molecule has 0 radical (unpaired) electrons. The van der Waals surface area contributed by atoms with Crippen molar-refractivity contribution in [1.29, 1.82) is 0 Å². The lowest BCUT2D eigenvalue weighted by Gasteiger charge is -2.10. The molecule has 1 amide bonds. The molecule has 1 heterocycles. The molecule has 0 atom stereocenters. The van der Waals surface area contributed by atoms with E-state index in [1.165, 1.54) is 37.4 Å². The van der Waals surface area contributed by atoms with Gasteiger partial charge in [-0.1, -0.05) is 0 Å².